The Balaban J connectivity index is 2.13. The van der Waals surface area contributed by atoms with Crippen LogP contribution < -0.4 is 0 Å². The quantitative estimate of drug-likeness (QED) is 0.563. The highest BCUT2D eigenvalue weighted by Crippen LogP contribution is 2.09. The summed E-state index contributed by atoms with van der Waals surface area (Å²) in [5.74, 6) is -0.693. The first kappa shape index (κ1) is 18.0. The summed E-state index contributed by atoms with van der Waals surface area (Å²) in [4.78, 5) is 34.2. The van der Waals surface area contributed by atoms with Crippen molar-refractivity contribution in [1.82, 2.24) is 0 Å². The van der Waals surface area contributed by atoms with Crippen LogP contribution in [0.15, 0.2) is 30.3 Å². The molecule has 0 aliphatic heterocycles. The average Bonchev–Trinajstić information content (AvgIpc) is 2.47. The van der Waals surface area contributed by atoms with Gasteiger partial charge in [-0.05, 0) is 37.7 Å². The molecular weight excluding hydrogens is 308 g/mol. The lowest BCUT2D eigenvalue weighted by Crippen LogP contribution is -2.13. The molecule has 0 heterocycles. The first-order chi connectivity index (χ1) is 10.5. The number of esters is 2. The maximum absolute atomic E-state index is 11.6. The Labute approximate surface area is 133 Å². The van der Waals surface area contributed by atoms with Gasteiger partial charge in [0, 0.05) is 5.75 Å². The molecule has 0 radical (unpaired) electrons. The summed E-state index contributed by atoms with van der Waals surface area (Å²) in [6.07, 6.45) is -0.0660. The first-order valence-electron chi connectivity index (χ1n) is 6.70. The third-order valence-corrected chi connectivity index (χ3v) is 3.03. The van der Waals surface area contributed by atoms with Crippen molar-refractivity contribution in [2.24, 2.45) is 0 Å². The van der Waals surface area contributed by atoms with Crippen molar-refractivity contribution >= 4 is 29.0 Å². The normalized spacial score (nSPS) is 10.1. The van der Waals surface area contributed by atoms with E-state index in [2.05, 4.69) is 0 Å². The zero-order chi connectivity index (χ0) is 16.4. The predicted octanol–water partition coefficient (Wildman–Crippen LogP) is 3.01. The van der Waals surface area contributed by atoms with E-state index < -0.39 is 18.1 Å². The van der Waals surface area contributed by atoms with E-state index in [1.54, 1.807) is 44.2 Å². The van der Waals surface area contributed by atoms with E-state index in [4.69, 9.17) is 14.2 Å². The highest BCUT2D eigenvalue weighted by atomic mass is 32.2. The Morgan fingerprint density at radius 3 is 2.41 bits per heavy atom. The number of ether oxygens (including phenoxy) is 3. The number of carbonyl (C=O) groups excluding carboxylic acids is 3. The van der Waals surface area contributed by atoms with Crippen molar-refractivity contribution in [1.29, 1.82) is 0 Å². The van der Waals surface area contributed by atoms with E-state index >= 15 is 0 Å². The maximum atomic E-state index is 11.6. The molecule has 0 N–H and O–H groups in total. The molecule has 0 fully saturated rings. The van der Waals surface area contributed by atoms with Crippen LogP contribution in [0.5, 0.6) is 0 Å². The van der Waals surface area contributed by atoms with Gasteiger partial charge in [0.15, 0.2) is 0 Å². The number of hydrogen-bond acceptors (Lipinski definition) is 7. The minimum Gasteiger partial charge on any atom is -0.463 e. The summed E-state index contributed by atoms with van der Waals surface area (Å²) < 4.78 is 14.4. The van der Waals surface area contributed by atoms with Gasteiger partial charge in [-0.25, -0.2) is 9.59 Å². The van der Waals surface area contributed by atoms with Gasteiger partial charge in [0.05, 0.1) is 18.1 Å². The van der Waals surface area contributed by atoms with E-state index in [1.165, 1.54) is 0 Å². The molecule has 0 saturated heterocycles. The first-order valence-corrected chi connectivity index (χ1v) is 7.69. The van der Waals surface area contributed by atoms with Crippen LogP contribution >= 0.6 is 11.8 Å². The Hall–Kier alpha value is -2.02. The van der Waals surface area contributed by atoms with Gasteiger partial charge in [-0.1, -0.05) is 18.2 Å². The van der Waals surface area contributed by atoms with Crippen LogP contribution in [-0.4, -0.2) is 35.9 Å². The van der Waals surface area contributed by atoms with Crippen LogP contribution in [0.4, 0.5) is 4.79 Å². The zero-order valence-electron chi connectivity index (χ0n) is 12.4. The molecule has 120 valence electrons. The second-order valence-electron chi connectivity index (χ2n) is 4.45. The van der Waals surface area contributed by atoms with Crippen LogP contribution in [0, 0.1) is 0 Å². The summed E-state index contributed by atoms with van der Waals surface area (Å²) >= 11 is 0.826. The summed E-state index contributed by atoms with van der Waals surface area (Å²) in [6, 6.07) is 8.37. The Bertz CT molecular complexity index is 500. The lowest BCUT2D eigenvalue weighted by Gasteiger charge is -2.07. The van der Waals surface area contributed by atoms with Gasteiger partial charge in [0.2, 0.25) is 6.79 Å². The molecule has 1 rings (SSSR count). The standard InChI is InChI=1S/C15H18O6S/c1-11(2)21-13(16)8-9-22-15(18)20-10-19-14(17)12-6-4-3-5-7-12/h3-7,11H,8-10H2,1-2H3. The SMILES string of the molecule is CC(C)OC(=O)CCSC(=O)OCOC(=O)c1ccccc1. The number of thioether (sulfide) groups is 1. The largest absolute Gasteiger partial charge is 0.463 e. The molecule has 22 heavy (non-hydrogen) atoms. The third kappa shape index (κ3) is 7.68. The number of rotatable bonds is 7. The molecule has 1 aromatic carbocycles. The highest BCUT2D eigenvalue weighted by molar-refractivity contribution is 8.13. The van der Waals surface area contributed by atoms with Crippen molar-refractivity contribution in [3.05, 3.63) is 35.9 Å². The summed E-state index contributed by atoms with van der Waals surface area (Å²) in [5.41, 5.74) is 0.377. The van der Waals surface area contributed by atoms with Crippen molar-refractivity contribution in [3.8, 4) is 0 Å². The van der Waals surface area contributed by atoms with Crippen LogP contribution in [0.2, 0.25) is 0 Å². The van der Waals surface area contributed by atoms with E-state index in [-0.39, 0.29) is 24.2 Å². The van der Waals surface area contributed by atoms with Crippen molar-refractivity contribution < 1.29 is 28.6 Å². The molecular formula is C15H18O6S. The molecule has 0 aromatic heterocycles. The van der Waals surface area contributed by atoms with Crippen molar-refractivity contribution in [2.75, 3.05) is 12.5 Å². The Morgan fingerprint density at radius 2 is 1.77 bits per heavy atom. The monoisotopic (exact) mass is 326 g/mol. The van der Waals surface area contributed by atoms with Crippen molar-refractivity contribution in [2.45, 2.75) is 26.4 Å². The molecule has 0 aliphatic carbocycles. The fourth-order valence-electron chi connectivity index (χ4n) is 1.37. The second kappa shape index (κ2) is 9.83. The van der Waals surface area contributed by atoms with Crippen LogP contribution in [-0.2, 0) is 19.0 Å². The van der Waals surface area contributed by atoms with Gasteiger partial charge in [-0.3, -0.25) is 4.79 Å². The number of benzene rings is 1. The topological polar surface area (TPSA) is 78.9 Å². The lowest BCUT2D eigenvalue weighted by atomic mass is 10.2. The molecule has 0 aliphatic rings. The maximum Gasteiger partial charge on any atom is 0.370 e. The summed E-state index contributed by atoms with van der Waals surface area (Å²) in [5, 5.41) is -0.613. The van der Waals surface area contributed by atoms with Gasteiger partial charge in [0.1, 0.15) is 0 Å². The molecule has 0 amide bonds. The number of hydrogen-bond donors (Lipinski definition) is 0. The van der Waals surface area contributed by atoms with Crippen molar-refractivity contribution in [3.63, 3.8) is 0 Å². The summed E-state index contributed by atoms with van der Waals surface area (Å²) in [6.45, 7) is 3.04. The van der Waals surface area contributed by atoms with E-state index in [0.29, 0.717) is 5.56 Å². The Kier molecular flexibility index (Phi) is 8.06. The van der Waals surface area contributed by atoms with Gasteiger partial charge in [-0.2, -0.15) is 0 Å². The second-order valence-corrected chi connectivity index (χ2v) is 5.48. The van der Waals surface area contributed by atoms with Gasteiger partial charge < -0.3 is 14.2 Å². The van der Waals surface area contributed by atoms with Crippen LogP contribution in [0.25, 0.3) is 0 Å². The molecule has 0 atom stereocenters. The molecule has 6 nitrogen and oxygen atoms in total. The predicted molar refractivity (Wildman–Crippen MR) is 81.5 cm³/mol. The highest BCUT2D eigenvalue weighted by Gasteiger charge is 2.11. The molecule has 0 bridgehead atoms. The molecule has 0 spiro atoms. The minimum atomic E-state index is -0.613. The number of carbonyl (C=O) groups is 3. The molecule has 0 unspecified atom stereocenters. The van der Waals surface area contributed by atoms with E-state index in [0.717, 1.165) is 11.8 Å². The van der Waals surface area contributed by atoms with E-state index in [1.807, 2.05) is 0 Å². The smallest absolute Gasteiger partial charge is 0.370 e. The third-order valence-electron chi connectivity index (χ3n) is 2.27. The minimum absolute atomic E-state index is 0.113. The van der Waals surface area contributed by atoms with Crippen LogP contribution in [0.3, 0.4) is 0 Å². The molecule has 7 heteroatoms. The molecule has 0 saturated carbocycles. The van der Waals surface area contributed by atoms with E-state index in [9.17, 15) is 14.4 Å². The lowest BCUT2D eigenvalue weighted by molar-refractivity contribution is -0.146. The van der Waals surface area contributed by atoms with Gasteiger partial charge in [-0.15, -0.1) is 0 Å². The fourth-order valence-corrected chi connectivity index (χ4v) is 1.94. The van der Waals surface area contributed by atoms with Crippen LogP contribution in [0.1, 0.15) is 30.6 Å². The fraction of sp³-hybridized carbons (Fsp3) is 0.400. The van der Waals surface area contributed by atoms with Gasteiger partial charge in [0.25, 0.3) is 0 Å². The van der Waals surface area contributed by atoms with Gasteiger partial charge >= 0.3 is 17.2 Å². The summed E-state index contributed by atoms with van der Waals surface area (Å²) in [7, 11) is 0. The Morgan fingerprint density at radius 1 is 1.09 bits per heavy atom. The zero-order valence-corrected chi connectivity index (χ0v) is 13.3. The average molecular weight is 326 g/mol. The molecule has 1 aromatic rings.